The van der Waals surface area contributed by atoms with E-state index in [2.05, 4.69) is 0 Å². The van der Waals surface area contributed by atoms with Crippen LogP contribution in [-0.2, 0) is 28.4 Å². The molecule has 13 heteroatoms. The summed E-state index contributed by atoms with van der Waals surface area (Å²) >= 11 is 0. The number of ether oxygens (including phenoxy) is 6. The maximum Gasteiger partial charge on any atom is 0.394 e. The van der Waals surface area contributed by atoms with E-state index in [-0.39, 0.29) is 89.0 Å². The highest BCUT2D eigenvalue weighted by Crippen LogP contribution is 2.71. The summed E-state index contributed by atoms with van der Waals surface area (Å²) in [7, 11) is 0. The first kappa shape index (κ1) is 30.6. The van der Waals surface area contributed by atoms with Crippen molar-refractivity contribution in [3.8, 4) is 0 Å². The Morgan fingerprint density at radius 1 is 0.568 bits per heavy atom. The van der Waals surface area contributed by atoms with Gasteiger partial charge in [0.15, 0.2) is 0 Å². The number of alkyl halides is 6. The highest BCUT2D eigenvalue weighted by Gasteiger charge is 2.74. The molecule has 2 saturated heterocycles. The molecule has 44 heavy (non-hydrogen) atoms. The van der Waals surface area contributed by atoms with Crippen LogP contribution in [0.1, 0.15) is 77.0 Å². The second-order valence-electron chi connectivity index (χ2n) is 16.1. The summed E-state index contributed by atoms with van der Waals surface area (Å²) in [6, 6.07) is 0. The Labute approximate surface area is 252 Å². The normalized spacial score (nSPS) is 50.8. The van der Waals surface area contributed by atoms with Crippen LogP contribution in [0.25, 0.3) is 0 Å². The standard InChI is InChI=1S/C31H42F6O7/c32-30(33,34)24-1-19-3-26(13-24,17-28(5-19,15-24)43-11-22-9-39-22)41-7-21(38)8-42-27-4-20-2-25(14-27,31(35,36)37)16-29(6-20,18-27)44-12-23-10-40-23/h19-23,38H,1-18H2. The maximum atomic E-state index is 14.6. The molecular formula is C31H42F6O7. The van der Waals surface area contributed by atoms with Crippen LogP contribution in [0.4, 0.5) is 26.3 Å². The Kier molecular flexibility index (Phi) is 6.74. The van der Waals surface area contributed by atoms with Crippen molar-refractivity contribution in [1.82, 2.24) is 0 Å². The minimum atomic E-state index is -4.41. The number of halogens is 6. The Morgan fingerprint density at radius 3 is 1.23 bits per heavy atom. The average Bonchev–Trinajstić information content (AvgIpc) is 3.82. The zero-order valence-electron chi connectivity index (χ0n) is 24.8. The van der Waals surface area contributed by atoms with Crippen LogP contribution in [-0.4, -0.2) is 97.8 Å². The highest BCUT2D eigenvalue weighted by atomic mass is 19.4. The molecule has 0 aromatic carbocycles. The molecule has 8 saturated carbocycles. The van der Waals surface area contributed by atoms with Crippen molar-refractivity contribution in [2.45, 2.75) is 130 Å². The zero-order chi connectivity index (χ0) is 30.9. The summed E-state index contributed by atoms with van der Waals surface area (Å²) in [5.74, 6) is -0.409. The van der Waals surface area contributed by atoms with Crippen molar-refractivity contribution < 1.29 is 59.9 Å². The van der Waals surface area contributed by atoms with Crippen molar-refractivity contribution in [2.24, 2.45) is 22.7 Å². The molecule has 0 radical (unpaired) electrons. The first-order valence-corrected chi connectivity index (χ1v) is 16.2. The lowest BCUT2D eigenvalue weighted by atomic mass is 9.46. The van der Waals surface area contributed by atoms with Crippen LogP contribution < -0.4 is 0 Å². The number of epoxide rings is 2. The van der Waals surface area contributed by atoms with E-state index < -0.39 is 51.7 Å². The minimum Gasteiger partial charge on any atom is -0.388 e. The number of rotatable bonds is 12. The van der Waals surface area contributed by atoms with Gasteiger partial charge in [-0.2, -0.15) is 26.3 Å². The van der Waals surface area contributed by atoms with E-state index in [1.165, 1.54) is 0 Å². The molecule has 1 N–H and O–H groups in total. The second kappa shape index (κ2) is 9.69. The highest BCUT2D eigenvalue weighted by molar-refractivity contribution is 5.19. The smallest absolute Gasteiger partial charge is 0.388 e. The molecule has 8 aliphatic carbocycles. The van der Waals surface area contributed by atoms with Gasteiger partial charge in [-0.25, -0.2) is 0 Å². The SMILES string of the molecule is OC(COC12CC3CC(OCC4CO4)(C1)CC(C(F)(F)F)(C3)C2)COC12CC3CC(OCC4CO4)(C1)CC(C(F)(F)F)(C3)C2. The molecule has 0 amide bonds. The maximum absolute atomic E-state index is 14.6. The first-order valence-electron chi connectivity index (χ1n) is 16.2. The van der Waals surface area contributed by atoms with Gasteiger partial charge in [-0.1, -0.05) is 0 Å². The van der Waals surface area contributed by atoms with E-state index in [1.54, 1.807) is 0 Å². The van der Waals surface area contributed by atoms with Gasteiger partial charge in [-0.05, 0) is 76.0 Å². The van der Waals surface area contributed by atoms with Crippen LogP contribution in [0.5, 0.6) is 0 Å². The van der Waals surface area contributed by atoms with E-state index in [0.717, 1.165) is 0 Å². The summed E-state index contributed by atoms with van der Waals surface area (Å²) in [4.78, 5) is 0. The van der Waals surface area contributed by atoms with Crippen LogP contribution in [0, 0.1) is 22.7 Å². The molecular weight excluding hydrogens is 598 g/mol. The number of hydrogen-bond acceptors (Lipinski definition) is 7. The fourth-order valence-corrected chi connectivity index (χ4v) is 11.3. The van der Waals surface area contributed by atoms with Gasteiger partial charge in [0.1, 0.15) is 18.3 Å². The molecule has 7 nitrogen and oxygen atoms in total. The summed E-state index contributed by atoms with van der Waals surface area (Å²) in [6.45, 7) is 1.10. The van der Waals surface area contributed by atoms with Crippen LogP contribution in [0.3, 0.4) is 0 Å². The average molecular weight is 641 g/mol. The fraction of sp³-hybridized carbons (Fsp3) is 1.00. The fourth-order valence-electron chi connectivity index (χ4n) is 11.3. The van der Waals surface area contributed by atoms with Gasteiger partial charge in [-0.3, -0.25) is 0 Å². The lowest BCUT2D eigenvalue weighted by molar-refractivity contribution is -0.343. The van der Waals surface area contributed by atoms with Gasteiger partial charge < -0.3 is 33.5 Å². The van der Waals surface area contributed by atoms with Crippen LogP contribution in [0.2, 0.25) is 0 Å². The Balaban J connectivity index is 0.953. The van der Waals surface area contributed by atoms with Crippen molar-refractivity contribution in [2.75, 3.05) is 39.6 Å². The first-order chi connectivity index (χ1) is 20.6. The van der Waals surface area contributed by atoms with Crippen LogP contribution in [0.15, 0.2) is 0 Å². The predicted molar refractivity (Wildman–Crippen MR) is 140 cm³/mol. The van der Waals surface area contributed by atoms with E-state index in [4.69, 9.17) is 28.4 Å². The molecule has 10 unspecified atom stereocenters. The van der Waals surface area contributed by atoms with E-state index in [0.29, 0.717) is 51.7 Å². The third kappa shape index (κ3) is 5.23. The van der Waals surface area contributed by atoms with Crippen LogP contribution >= 0.6 is 0 Å². The molecule has 10 rings (SSSR count). The monoisotopic (exact) mass is 640 g/mol. The molecule has 10 atom stereocenters. The Bertz CT molecular complexity index is 1060. The Hall–Kier alpha value is -0.700. The molecule has 0 spiro atoms. The summed E-state index contributed by atoms with van der Waals surface area (Å²) in [5.41, 5.74) is -7.89. The zero-order valence-corrected chi connectivity index (χ0v) is 24.8. The topological polar surface area (TPSA) is 82.2 Å². The summed E-state index contributed by atoms with van der Waals surface area (Å²) < 4.78 is 123. The predicted octanol–water partition coefficient (Wildman–Crippen LogP) is 5.26. The summed E-state index contributed by atoms with van der Waals surface area (Å²) in [6.07, 6.45) is -7.94. The van der Waals surface area contributed by atoms with Gasteiger partial charge in [-0.15, -0.1) is 0 Å². The van der Waals surface area contributed by atoms with Crippen molar-refractivity contribution >= 4 is 0 Å². The van der Waals surface area contributed by atoms with Crippen molar-refractivity contribution in [3.63, 3.8) is 0 Å². The molecule has 250 valence electrons. The molecule has 0 aromatic heterocycles. The van der Waals surface area contributed by atoms with Gasteiger partial charge in [0.25, 0.3) is 0 Å². The van der Waals surface area contributed by atoms with E-state index >= 15 is 0 Å². The number of aliphatic hydroxyl groups excluding tert-OH is 1. The van der Waals surface area contributed by atoms with Gasteiger partial charge in [0.2, 0.25) is 0 Å². The molecule has 10 aliphatic rings. The van der Waals surface area contributed by atoms with E-state index in [1.807, 2.05) is 0 Å². The molecule has 0 aromatic rings. The van der Waals surface area contributed by atoms with Gasteiger partial charge >= 0.3 is 12.4 Å². The minimum absolute atomic E-state index is 0.0552. The lowest BCUT2D eigenvalue weighted by Gasteiger charge is -2.66. The van der Waals surface area contributed by atoms with Gasteiger partial charge in [0.05, 0.1) is 72.9 Å². The largest absolute Gasteiger partial charge is 0.394 e. The molecule has 2 aliphatic heterocycles. The van der Waals surface area contributed by atoms with Crippen molar-refractivity contribution in [1.29, 1.82) is 0 Å². The number of hydrogen-bond donors (Lipinski definition) is 1. The summed E-state index contributed by atoms with van der Waals surface area (Å²) in [5, 5.41) is 11.0. The number of aliphatic hydroxyl groups is 1. The second-order valence-corrected chi connectivity index (χ2v) is 16.1. The van der Waals surface area contributed by atoms with Gasteiger partial charge in [0, 0.05) is 12.8 Å². The lowest BCUT2D eigenvalue weighted by Crippen LogP contribution is -2.68. The van der Waals surface area contributed by atoms with E-state index in [9.17, 15) is 31.4 Å². The quantitative estimate of drug-likeness (QED) is 0.230. The van der Waals surface area contributed by atoms with Crippen molar-refractivity contribution in [3.05, 3.63) is 0 Å². The third-order valence-electron chi connectivity index (χ3n) is 12.3. The molecule has 8 bridgehead atoms. The molecule has 2 heterocycles. The third-order valence-corrected chi connectivity index (χ3v) is 12.3. The molecule has 10 fully saturated rings. The Morgan fingerprint density at radius 2 is 0.909 bits per heavy atom.